The van der Waals surface area contributed by atoms with Crippen LogP contribution in [0.3, 0.4) is 0 Å². The SMILES string of the molecule is COc1ccccc1OC(C)C(=O)NCC1CCC(c2nn(C)cc2-c2ccncc2)CC1. The third-order valence-electron chi connectivity index (χ3n) is 6.39. The van der Waals surface area contributed by atoms with E-state index in [1.54, 1.807) is 14.0 Å². The van der Waals surface area contributed by atoms with E-state index in [9.17, 15) is 4.79 Å². The Bertz CT molecular complexity index is 1060. The summed E-state index contributed by atoms with van der Waals surface area (Å²) in [5.74, 6) is 2.00. The van der Waals surface area contributed by atoms with Crippen LogP contribution in [0, 0.1) is 5.92 Å². The van der Waals surface area contributed by atoms with Crippen molar-refractivity contribution >= 4 is 5.91 Å². The van der Waals surface area contributed by atoms with Gasteiger partial charge in [-0.05, 0) is 68.4 Å². The van der Waals surface area contributed by atoms with Crippen LogP contribution in [-0.4, -0.2) is 40.4 Å². The fraction of sp³-hybridized carbons (Fsp3) is 0.423. The Morgan fingerprint density at radius 2 is 1.82 bits per heavy atom. The summed E-state index contributed by atoms with van der Waals surface area (Å²) < 4.78 is 13.0. The van der Waals surface area contributed by atoms with E-state index in [0.717, 1.165) is 31.2 Å². The van der Waals surface area contributed by atoms with Gasteiger partial charge in [-0.1, -0.05) is 12.1 Å². The highest BCUT2D eigenvalue weighted by Crippen LogP contribution is 2.39. The van der Waals surface area contributed by atoms with Crippen LogP contribution in [0.15, 0.2) is 55.0 Å². The Morgan fingerprint density at radius 3 is 2.52 bits per heavy atom. The predicted octanol–water partition coefficient (Wildman–Crippen LogP) is 4.35. The highest BCUT2D eigenvalue weighted by Gasteiger charge is 2.27. The standard InChI is InChI=1S/C26H32N4O3/c1-18(33-24-7-5-4-6-23(24)32-3)26(31)28-16-19-8-10-21(11-9-19)25-22(17-30(2)29-25)20-12-14-27-15-13-20/h4-7,12-15,17-19,21H,8-11,16H2,1-3H3,(H,28,31). The summed E-state index contributed by atoms with van der Waals surface area (Å²) in [6.07, 6.45) is 9.44. The van der Waals surface area contributed by atoms with Crippen molar-refractivity contribution in [2.45, 2.75) is 44.6 Å². The quantitative estimate of drug-likeness (QED) is 0.554. The Kier molecular flexibility index (Phi) is 7.27. The van der Waals surface area contributed by atoms with E-state index in [0.29, 0.717) is 29.9 Å². The van der Waals surface area contributed by atoms with E-state index < -0.39 is 6.10 Å². The number of benzene rings is 1. The number of aryl methyl sites for hydroxylation is 1. The zero-order valence-electron chi connectivity index (χ0n) is 19.5. The van der Waals surface area contributed by atoms with Gasteiger partial charge in [-0.2, -0.15) is 5.10 Å². The fourth-order valence-electron chi connectivity index (χ4n) is 4.55. The number of hydrogen-bond acceptors (Lipinski definition) is 5. The van der Waals surface area contributed by atoms with Crippen LogP contribution in [0.25, 0.3) is 11.1 Å². The average molecular weight is 449 g/mol. The number of aromatic nitrogens is 3. The molecule has 1 aromatic carbocycles. The number of rotatable bonds is 8. The minimum Gasteiger partial charge on any atom is -0.493 e. The van der Waals surface area contributed by atoms with Gasteiger partial charge in [-0.3, -0.25) is 14.5 Å². The molecular weight excluding hydrogens is 416 g/mol. The first-order valence-corrected chi connectivity index (χ1v) is 11.6. The molecular formula is C26H32N4O3. The van der Waals surface area contributed by atoms with Crippen LogP contribution in [-0.2, 0) is 11.8 Å². The van der Waals surface area contributed by atoms with Gasteiger partial charge in [-0.15, -0.1) is 0 Å². The van der Waals surface area contributed by atoms with Crippen molar-refractivity contribution in [1.82, 2.24) is 20.1 Å². The van der Waals surface area contributed by atoms with Crippen LogP contribution in [0.1, 0.15) is 44.2 Å². The predicted molar refractivity (Wildman–Crippen MR) is 127 cm³/mol. The number of hydrogen-bond donors (Lipinski definition) is 1. The van der Waals surface area contributed by atoms with Crippen LogP contribution in [0.2, 0.25) is 0 Å². The molecule has 1 amide bonds. The summed E-state index contributed by atoms with van der Waals surface area (Å²) >= 11 is 0. The second kappa shape index (κ2) is 10.5. The summed E-state index contributed by atoms with van der Waals surface area (Å²) in [6.45, 7) is 2.44. The lowest BCUT2D eigenvalue weighted by Crippen LogP contribution is -2.39. The molecule has 0 saturated heterocycles. The molecule has 0 bridgehead atoms. The minimum absolute atomic E-state index is 0.104. The molecule has 1 N–H and O–H groups in total. The third-order valence-corrected chi connectivity index (χ3v) is 6.39. The lowest BCUT2D eigenvalue weighted by molar-refractivity contribution is -0.127. The third kappa shape index (κ3) is 5.53. The first-order chi connectivity index (χ1) is 16.0. The van der Waals surface area contributed by atoms with Gasteiger partial charge in [-0.25, -0.2) is 0 Å². The highest BCUT2D eigenvalue weighted by atomic mass is 16.5. The number of carbonyl (C=O) groups excluding carboxylic acids is 1. The number of pyridine rings is 1. The average Bonchev–Trinajstić information content (AvgIpc) is 3.25. The molecule has 4 rings (SSSR count). The number of carbonyl (C=O) groups is 1. The molecule has 0 radical (unpaired) electrons. The van der Waals surface area contributed by atoms with Gasteiger partial charge in [0, 0.05) is 43.7 Å². The molecule has 0 spiro atoms. The van der Waals surface area contributed by atoms with Gasteiger partial charge in [0.2, 0.25) is 0 Å². The highest BCUT2D eigenvalue weighted by molar-refractivity contribution is 5.80. The number of nitrogens with zero attached hydrogens (tertiary/aromatic N) is 3. The zero-order valence-corrected chi connectivity index (χ0v) is 19.5. The lowest BCUT2D eigenvalue weighted by atomic mass is 9.79. The smallest absolute Gasteiger partial charge is 0.260 e. The summed E-state index contributed by atoms with van der Waals surface area (Å²) in [6, 6.07) is 11.4. The van der Waals surface area contributed by atoms with E-state index in [1.165, 1.54) is 11.3 Å². The van der Waals surface area contributed by atoms with Gasteiger partial charge < -0.3 is 14.8 Å². The molecule has 2 heterocycles. The molecule has 1 fully saturated rings. The molecule has 1 unspecified atom stereocenters. The second-order valence-electron chi connectivity index (χ2n) is 8.71. The first kappa shape index (κ1) is 22.8. The second-order valence-corrected chi connectivity index (χ2v) is 8.71. The Labute approximate surface area is 195 Å². The van der Waals surface area contributed by atoms with Crippen LogP contribution in [0.5, 0.6) is 11.5 Å². The van der Waals surface area contributed by atoms with Gasteiger partial charge >= 0.3 is 0 Å². The van der Waals surface area contributed by atoms with Gasteiger partial charge in [0.1, 0.15) is 0 Å². The fourth-order valence-corrected chi connectivity index (χ4v) is 4.55. The van der Waals surface area contributed by atoms with E-state index in [-0.39, 0.29) is 5.91 Å². The Balaban J connectivity index is 1.28. The lowest BCUT2D eigenvalue weighted by Gasteiger charge is -2.28. The van der Waals surface area contributed by atoms with Crippen molar-refractivity contribution in [3.05, 3.63) is 60.7 Å². The van der Waals surface area contributed by atoms with Crippen LogP contribution in [0.4, 0.5) is 0 Å². The molecule has 2 aromatic heterocycles. The van der Waals surface area contributed by atoms with Gasteiger partial charge in [0.15, 0.2) is 17.6 Å². The van der Waals surface area contributed by atoms with Crippen LogP contribution >= 0.6 is 0 Å². The van der Waals surface area contributed by atoms with Crippen molar-refractivity contribution in [3.63, 3.8) is 0 Å². The molecule has 7 nitrogen and oxygen atoms in total. The van der Waals surface area contributed by atoms with E-state index in [2.05, 4.69) is 16.5 Å². The number of ether oxygens (including phenoxy) is 2. The van der Waals surface area contributed by atoms with Gasteiger partial charge in [0.05, 0.1) is 12.8 Å². The maximum absolute atomic E-state index is 12.6. The Morgan fingerprint density at radius 1 is 1.12 bits per heavy atom. The molecule has 1 aliphatic carbocycles. The topological polar surface area (TPSA) is 78.3 Å². The zero-order chi connectivity index (χ0) is 23.2. The minimum atomic E-state index is -0.589. The summed E-state index contributed by atoms with van der Waals surface area (Å²) in [4.78, 5) is 16.7. The maximum atomic E-state index is 12.6. The Hall–Kier alpha value is -3.35. The molecule has 1 atom stereocenters. The number of amides is 1. The molecule has 3 aromatic rings. The molecule has 0 aliphatic heterocycles. The summed E-state index contributed by atoms with van der Waals surface area (Å²) in [7, 11) is 3.57. The van der Waals surface area contributed by atoms with Crippen molar-refractivity contribution in [3.8, 4) is 22.6 Å². The van der Waals surface area contributed by atoms with Crippen molar-refractivity contribution in [2.24, 2.45) is 13.0 Å². The summed E-state index contributed by atoms with van der Waals surface area (Å²) in [5.41, 5.74) is 3.52. The largest absolute Gasteiger partial charge is 0.493 e. The molecule has 7 heteroatoms. The number of nitrogens with one attached hydrogen (secondary N) is 1. The van der Waals surface area contributed by atoms with Crippen LogP contribution < -0.4 is 14.8 Å². The van der Waals surface area contributed by atoms with Crippen molar-refractivity contribution in [1.29, 1.82) is 0 Å². The number of para-hydroxylation sites is 2. The van der Waals surface area contributed by atoms with E-state index >= 15 is 0 Å². The monoisotopic (exact) mass is 448 g/mol. The normalized spacial score (nSPS) is 19.0. The maximum Gasteiger partial charge on any atom is 0.260 e. The van der Waals surface area contributed by atoms with Crippen molar-refractivity contribution < 1.29 is 14.3 Å². The van der Waals surface area contributed by atoms with E-state index in [4.69, 9.17) is 14.6 Å². The number of methoxy groups -OCH3 is 1. The van der Waals surface area contributed by atoms with Gasteiger partial charge in [0.25, 0.3) is 5.91 Å². The van der Waals surface area contributed by atoms with Crippen molar-refractivity contribution in [2.75, 3.05) is 13.7 Å². The first-order valence-electron chi connectivity index (χ1n) is 11.6. The molecule has 33 heavy (non-hydrogen) atoms. The molecule has 174 valence electrons. The summed E-state index contributed by atoms with van der Waals surface area (Å²) in [5, 5.41) is 7.86. The van der Waals surface area contributed by atoms with E-state index in [1.807, 2.05) is 60.5 Å². The molecule has 1 aliphatic rings. The molecule has 1 saturated carbocycles.